The lowest BCUT2D eigenvalue weighted by Crippen LogP contribution is -2.52. The summed E-state index contributed by atoms with van der Waals surface area (Å²) in [5.74, 6) is 1.01. The fraction of sp³-hybridized carbons (Fsp3) is 0.350. The van der Waals surface area contributed by atoms with Gasteiger partial charge in [0.1, 0.15) is 11.4 Å². The molecule has 130 valence electrons. The Labute approximate surface area is 152 Å². The van der Waals surface area contributed by atoms with Crippen LogP contribution in [-0.4, -0.2) is 29.6 Å². The molecule has 1 N–H and O–H groups in total. The molecular weight excluding hydrogens is 336 g/mol. The molecule has 2 amide bonds. The molecule has 0 aliphatic carbocycles. The average Bonchev–Trinajstić information content (AvgIpc) is 2.62. The highest BCUT2D eigenvalue weighted by Gasteiger charge is 2.40. The normalized spacial score (nSPS) is 18.4. The summed E-state index contributed by atoms with van der Waals surface area (Å²) in [5.41, 5.74) is 1.89. The number of hydrogen-bond donors (Lipinski definition) is 1. The van der Waals surface area contributed by atoms with E-state index in [-0.39, 0.29) is 11.6 Å². The lowest BCUT2D eigenvalue weighted by molar-refractivity contribution is -0.00434. The molecule has 0 unspecified atom stereocenters. The molecule has 1 spiro atoms. The smallest absolute Gasteiger partial charge is 0.321 e. The molecule has 4 rings (SSSR count). The van der Waals surface area contributed by atoms with Gasteiger partial charge in [0, 0.05) is 36.6 Å². The van der Waals surface area contributed by atoms with Gasteiger partial charge >= 0.3 is 6.03 Å². The zero-order chi connectivity index (χ0) is 17.3. The molecule has 5 heteroatoms. The maximum absolute atomic E-state index is 12.5. The van der Waals surface area contributed by atoms with E-state index in [4.69, 9.17) is 16.3 Å². The van der Waals surface area contributed by atoms with Gasteiger partial charge in [-0.3, -0.25) is 0 Å². The highest BCUT2D eigenvalue weighted by atomic mass is 35.5. The SMILES string of the molecule is O=C(Nc1cccc(Cl)c1)N1CCC2(CCc3ccccc3O2)CC1. The van der Waals surface area contributed by atoms with Crippen LogP contribution in [0.1, 0.15) is 24.8 Å². The second-order valence-electron chi connectivity index (χ2n) is 6.82. The third kappa shape index (κ3) is 3.45. The van der Waals surface area contributed by atoms with Gasteiger partial charge in [-0.05, 0) is 42.7 Å². The Bertz CT molecular complexity index is 785. The zero-order valence-electron chi connectivity index (χ0n) is 14.0. The molecule has 1 saturated heterocycles. The van der Waals surface area contributed by atoms with Gasteiger partial charge in [-0.25, -0.2) is 4.79 Å². The number of hydrogen-bond acceptors (Lipinski definition) is 2. The minimum Gasteiger partial charge on any atom is -0.487 e. The summed E-state index contributed by atoms with van der Waals surface area (Å²) in [6, 6.07) is 15.4. The number of piperidine rings is 1. The quantitative estimate of drug-likeness (QED) is 0.802. The lowest BCUT2D eigenvalue weighted by atomic mass is 9.83. The van der Waals surface area contributed by atoms with Gasteiger partial charge in [0.2, 0.25) is 0 Å². The topological polar surface area (TPSA) is 41.6 Å². The lowest BCUT2D eigenvalue weighted by Gasteiger charge is -2.44. The van der Waals surface area contributed by atoms with E-state index in [0.717, 1.165) is 37.1 Å². The van der Waals surface area contributed by atoms with E-state index in [0.29, 0.717) is 18.1 Å². The fourth-order valence-corrected chi connectivity index (χ4v) is 3.89. The molecule has 4 nitrogen and oxygen atoms in total. The Morgan fingerprint density at radius 1 is 1.08 bits per heavy atom. The average molecular weight is 357 g/mol. The van der Waals surface area contributed by atoms with Crippen LogP contribution in [0.3, 0.4) is 0 Å². The predicted octanol–water partition coefficient (Wildman–Crippen LogP) is 4.73. The van der Waals surface area contributed by atoms with Gasteiger partial charge < -0.3 is 15.0 Å². The number of anilines is 1. The number of amides is 2. The summed E-state index contributed by atoms with van der Waals surface area (Å²) in [6.07, 6.45) is 3.80. The highest BCUT2D eigenvalue weighted by molar-refractivity contribution is 6.30. The largest absolute Gasteiger partial charge is 0.487 e. The summed E-state index contributed by atoms with van der Waals surface area (Å²) in [7, 11) is 0. The molecule has 0 atom stereocenters. The summed E-state index contributed by atoms with van der Waals surface area (Å²) >= 11 is 5.97. The predicted molar refractivity (Wildman–Crippen MR) is 99.4 cm³/mol. The number of likely N-dealkylation sites (tertiary alicyclic amines) is 1. The Morgan fingerprint density at radius 2 is 1.88 bits per heavy atom. The van der Waals surface area contributed by atoms with Crippen LogP contribution in [0.15, 0.2) is 48.5 Å². The Hall–Kier alpha value is -2.20. The number of para-hydroxylation sites is 1. The number of rotatable bonds is 1. The fourth-order valence-electron chi connectivity index (χ4n) is 3.69. The number of urea groups is 1. The summed E-state index contributed by atoms with van der Waals surface area (Å²) in [6.45, 7) is 1.41. The van der Waals surface area contributed by atoms with Crippen LogP contribution in [0.4, 0.5) is 10.5 Å². The van der Waals surface area contributed by atoms with Crippen molar-refractivity contribution in [2.45, 2.75) is 31.3 Å². The second-order valence-corrected chi connectivity index (χ2v) is 7.26. The third-order valence-corrected chi connectivity index (χ3v) is 5.42. The number of nitrogens with one attached hydrogen (secondary N) is 1. The van der Waals surface area contributed by atoms with Crippen molar-refractivity contribution >= 4 is 23.3 Å². The molecule has 0 radical (unpaired) electrons. The van der Waals surface area contributed by atoms with Crippen LogP contribution in [0.2, 0.25) is 5.02 Å². The zero-order valence-corrected chi connectivity index (χ0v) is 14.8. The monoisotopic (exact) mass is 356 g/mol. The van der Waals surface area contributed by atoms with Crippen molar-refractivity contribution in [1.82, 2.24) is 4.90 Å². The van der Waals surface area contributed by atoms with Crippen molar-refractivity contribution in [1.29, 1.82) is 0 Å². The van der Waals surface area contributed by atoms with Crippen molar-refractivity contribution in [2.24, 2.45) is 0 Å². The Morgan fingerprint density at radius 3 is 2.68 bits per heavy atom. The number of fused-ring (bicyclic) bond motifs is 1. The van der Waals surface area contributed by atoms with Gasteiger partial charge in [-0.2, -0.15) is 0 Å². The van der Waals surface area contributed by atoms with Gasteiger partial charge in [0.25, 0.3) is 0 Å². The van der Waals surface area contributed by atoms with Crippen LogP contribution in [0, 0.1) is 0 Å². The molecule has 2 aromatic carbocycles. The van der Waals surface area contributed by atoms with Crippen molar-refractivity contribution in [2.75, 3.05) is 18.4 Å². The minimum atomic E-state index is -0.124. The first-order chi connectivity index (χ1) is 12.1. The second kappa shape index (κ2) is 6.60. The summed E-state index contributed by atoms with van der Waals surface area (Å²) < 4.78 is 6.35. The maximum Gasteiger partial charge on any atom is 0.321 e. The molecule has 25 heavy (non-hydrogen) atoms. The van der Waals surface area contributed by atoms with E-state index in [9.17, 15) is 4.79 Å². The van der Waals surface area contributed by atoms with Crippen LogP contribution in [0.25, 0.3) is 0 Å². The number of aryl methyl sites for hydroxylation is 1. The number of nitrogens with zero attached hydrogens (tertiary/aromatic N) is 1. The first-order valence-corrected chi connectivity index (χ1v) is 9.10. The number of carbonyl (C=O) groups excluding carboxylic acids is 1. The van der Waals surface area contributed by atoms with Crippen molar-refractivity contribution in [3.8, 4) is 5.75 Å². The number of benzene rings is 2. The van der Waals surface area contributed by atoms with Crippen LogP contribution in [0.5, 0.6) is 5.75 Å². The molecule has 2 aliphatic rings. The van der Waals surface area contributed by atoms with E-state index in [1.54, 1.807) is 12.1 Å². The molecule has 0 saturated carbocycles. The number of halogens is 1. The van der Waals surface area contributed by atoms with Crippen LogP contribution >= 0.6 is 11.6 Å². The number of carbonyl (C=O) groups is 1. The van der Waals surface area contributed by atoms with Gasteiger partial charge in [-0.1, -0.05) is 35.9 Å². The Balaban J connectivity index is 1.38. The highest BCUT2D eigenvalue weighted by Crippen LogP contribution is 2.39. The van der Waals surface area contributed by atoms with Crippen LogP contribution < -0.4 is 10.1 Å². The van der Waals surface area contributed by atoms with Gasteiger partial charge in [0.05, 0.1) is 0 Å². The van der Waals surface area contributed by atoms with Gasteiger partial charge in [-0.15, -0.1) is 0 Å². The first-order valence-electron chi connectivity index (χ1n) is 8.72. The van der Waals surface area contributed by atoms with E-state index in [1.807, 2.05) is 23.1 Å². The molecule has 0 bridgehead atoms. The first kappa shape index (κ1) is 16.3. The molecular formula is C20H21ClN2O2. The van der Waals surface area contributed by atoms with Gasteiger partial charge in [0.15, 0.2) is 0 Å². The standard InChI is InChI=1S/C20H21ClN2O2/c21-16-5-3-6-17(14-16)22-19(24)23-12-10-20(11-13-23)9-8-15-4-1-2-7-18(15)25-20/h1-7,14H,8-13H2,(H,22,24). The van der Waals surface area contributed by atoms with Crippen molar-refractivity contribution < 1.29 is 9.53 Å². The van der Waals surface area contributed by atoms with E-state index < -0.39 is 0 Å². The van der Waals surface area contributed by atoms with E-state index in [1.165, 1.54) is 5.56 Å². The number of ether oxygens (including phenoxy) is 1. The summed E-state index contributed by atoms with van der Waals surface area (Å²) in [5, 5.41) is 3.54. The van der Waals surface area contributed by atoms with E-state index >= 15 is 0 Å². The Kier molecular flexibility index (Phi) is 4.30. The van der Waals surface area contributed by atoms with Crippen LogP contribution in [-0.2, 0) is 6.42 Å². The maximum atomic E-state index is 12.5. The molecule has 2 aliphatic heterocycles. The van der Waals surface area contributed by atoms with E-state index in [2.05, 4.69) is 23.5 Å². The van der Waals surface area contributed by atoms with Crippen molar-refractivity contribution in [3.63, 3.8) is 0 Å². The molecule has 2 heterocycles. The van der Waals surface area contributed by atoms with Crippen molar-refractivity contribution in [3.05, 3.63) is 59.1 Å². The minimum absolute atomic E-state index is 0.0756. The molecule has 2 aromatic rings. The third-order valence-electron chi connectivity index (χ3n) is 5.19. The summed E-state index contributed by atoms with van der Waals surface area (Å²) in [4.78, 5) is 14.3. The molecule has 1 fully saturated rings. The molecule has 0 aromatic heterocycles.